The highest BCUT2D eigenvalue weighted by atomic mass is 35.5. The monoisotopic (exact) mass is 478 g/mol. The number of para-hydroxylation sites is 1. The van der Waals surface area contributed by atoms with Crippen molar-refractivity contribution in [2.45, 2.75) is 19.4 Å². The second-order valence-corrected chi connectivity index (χ2v) is 9.33. The molecule has 8 nitrogen and oxygen atoms in total. The van der Waals surface area contributed by atoms with Gasteiger partial charge in [-0.25, -0.2) is 13.2 Å². The first kappa shape index (κ1) is 23.6. The van der Waals surface area contributed by atoms with Crippen LogP contribution in [-0.2, 0) is 14.8 Å². The van der Waals surface area contributed by atoms with Crippen LogP contribution in [0.1, 0.15) is 28.5 Å². The molecule has 3 rings (SSSR count). The summed E-state index contributed by atoms with van der Waals surface area (Å²) in [6, 6.07) is 10.3. The number of carbonyl (C=O) groups is 2. The number of hydrogen-bond donors (Lipinski definition) is 0. The van der Waals surface area contributed by atoms with E-state index in [4.69, 9.17) is 21.1 Å². The molecule has 0 saturated carbocycles. The highest BCUT2D eigenvalue weighted by Gasteiger charge is 2.34. The minimum atomic E-state index is -3.88. The normalized spacial score (nSPS) is 12.4. The molecule has 1 aromatic heterocycles. The number of sulfonamides is 1. The second-order valence-electron chi connectivity index (χ2n) is 7.06. The number of ether oxygens (including phenoxy) is 2. The van der Waals surface area contributed by atoms with Gasteiger partial charge in [0.2, 0.25) is 10.0 Å². The Labute approximate surface area is 191 Å². The second kappa shape index (κ2) is 9.22. The van der Waals surface area contributed by atoms with Gasteiger partial charge in [-0.05, 0) is 30.7 Å². The summed E-state index contributed by atoms with van der Waals surface area (Å²) in [7, 11) is -1.18. The van der Waals surface area contributed by atoms with E-state index in [1.165, 1.54) is 43.2 Å². The molecule has 0 fully saturated rings. The molecule has 3 aromatic rings. The van der Waals surface area contributed by atoms with E-state index < -0.39 is 27.9 Å². The Hall–Kier alpha value is -3.04. The van der Waals surface area contributed by atoms with Crippen molar-refractivity contribution in [3.63, 3.8) is 0 Å². The minimum Gasteiger partial charge on any atom is -0.495 e. The molecule has 0 unspecified atom stereocenters. The average Bonchev–Trinajstić information content (AvgIpc) is 3.15. The maximum Gasteiger partial charge on any atom is 0.340 e. The van der Waals surface area contributed by atoms with Crippen molar-refractivity contribution in [1.82, 2.24) is 4.57 Å². The van der Waals surface area contributed by atoms with Crippen molar-refractivity contribution in [3.8, 4) is 5.75 Å². The molecule has 0 spiro atoms. The molecule has 170 valence electrons. The zero-order valence-corrected chi connectivity index (χ0v) is 19.6. The third-order valence-corrected chi connectivity index (χ3v) is 6.53. The van der Waals surface area contributed by atoms with Crippen LogP contribution in [0.5, 0.6) is 5.75 Å². The molecular weight excluding hydrogens is 456 g/mol. The molecule has 0 radical (unpaired) electrons. The Morgan fingerprint density at radius 2 is 1.84 bits per heavy atom. The summed E-state index contributed by atoms with van der Waals surface area (Å²) >= 11 is 6.21. The van der Waals surface area contributed by atoms with Gasteiger partial charge in [-0.3, -0.25) is 13.7 Å². The number of carbonyl (C=O) groups excluding carboxylic acids is 2. The van der Waals surface area contributed by atoms with E-state index in [-0.39, 0.29) is 22.7 Å². The van der Waals surface area contributed by atoms with Crippen LogP contribution in [0.3, 0.4) is 0 Å². The van der Waals surface area contributed by atoms with Crippen molar-refractivity contribution >= 4 is 50.1 Å². The molecule has 1 atom stereocenters. The number of fused-ring (bicyclic) bond motifs is 1. The molecule has 2 aromatic carbocycles. The summed E-state index contributed by atoms with van der Waals surface area (Å²) in [5, 5.41) is 0.737. The minimum absolute atomic E-state index is 0.176. The number of esters is 1. The Morgan fingerprint density at radius 3 is 2.41 bits per heavy atom. The maximum absolute atomic E-state index is 13.6. The van der Waals surface area contributed by atoms with Crippen LogP contribution in [-0.4, -0.2) is 51.4 Å². The Morgan fingerprint density at radius 1 is 1.16 bits per heavy atom. The third-order valence-electron chi connectivity index (χ3n) is 5.06. The van der Waals surface area contributed by atoms with E-state index in [1.54, 1.807) is 31.2 Å². The third kappa shape index (κ3) is 4.31. The molecule has 0 bridgehead atoms. The summed E-state index contributed by atoms with van der Waals surface area (Å²) in [4.78, 5) is 25.9. The van der Waals surface area contributed by atoms with Crippen LogP contribution in [0.4, 0.5) is 5.69 Å². The zero-order valence-electron chi connectivity index (χ0n) is 18.0. The van der Waals surface area contributed by atoms with E-state index in [0.29, 0.717) is 16.7 Å². The molecular formula is C22H23ClN2O6S. The lowest BCUT2D eigenvalue weighted by Gasteiger charge is -2.30. The number of methoxy groups -OCH3 is 2. The molecule has 0 aliphatic rings. The van der Waals surface area contributed by atoms with Gasteiger partial charge in [-0.1, -0.05) is 36.7 Å². The van der Waals surface area contributed by atoms with Gasteiger partial charge in [-0.2, -0.15) is 0 Å². The lowest BCUT2D eigenvalue weighted by atomic mass is 10.1. The van der Waals surface area contributed by atoms with Gasteiger partial charge in [0.25, 0.3) is 5.91 Å². The Bertz CT molecular complexity index is 1280. The topological polar surface area (TPSA) is 94.9 Å². The van der Waals surface area contributed by atoms with Crippen LogP contribution in [0.15, 0.2) is 48.7 Å². The fourth-order valence-electron chi connectivity index (χ4n) is 3.63. The number of rotatable bonds is 7. The van der Waals surface area contributed by atoms with E-state index in [0.717, 1.165) is 10.6 Å². The number of nitrogens with zero attached hydrogens (tertiary/aromatic N) is 2. The molecule has 10 heteroatoms. The summed E-state index contributed by atoms with van der Waals surface area (Å²) in [6.45, 7) is 1.71. The number of aromatic nitrogens is 1. The van der Waals surface area contributed by atoms with Gasteiger partial charge >= 0.3 is 5.97 Å². The summed E-state index contributed by atoms with van der Waals surface area (Å²) < 4.78 is 37.8. The molecule has 0 amide bonds. The van der Waals surface area contributed by atoms with Gasteiger partial charge in [0.15, 0.2) is 0 Å². The average molecular weight is 479 g/mol. The van der Waals surface area contributed by atoms with Crippen LogP contribution >= 0.6 is 11.6 Å². The summed E-state index contributed by atoms with van der Waals surface area (Å²) in [5.74, 6) is -0.735. The zero-order chi connectivity index (χ0) is 23.6. The summed E-state index contributed by atoms with van der Waals surface area (Å²) in [5.41, 5.74) is 0.908. The van der Waals surface area contributed by atoms with Crippen LogP contribution in [0.2, 0.25) is 5.02 Å². The van der Waals surface area contributed by atoms with Crippen molar-refractivity contribution in [2.75, 3.05) is 24.8 Å². The summed E-state index contributed by atoms with van der Waals surface area (Å²) in [6.07, 6.45) is 2.58. The van der Waals surface area contributed by atoms with E-state index in [9.17, 15) is 18.0 Å². The van der Waals surface area contributed by atoms with Crippen molar-refractivity contribution in [1.29, 1.82) is 0 Å². The predicted octanol–water partition coefficient (Wildman–Crippen LogP) is 3.97. The number of halogens is 1. The Kier molecular flexibility index (Phi) is 6.80. The number of hydrogen-bond acceptors (Lipinski definition) is 6. The maximum atomic E-state index is 13.6. The highest BCUT2D eigenvalue weighted by Crippen LogP contribution is 2.32. The van der Waals surface area contributed by atoms with Crippen LogP contribution in [0, 0.1) is 0 Å². The Balaban J connectivity index is 2.16. The van der Waals surface area contributed by atoms with Gasteiger partial charge in [0, 0.05) is 11.6 Å². The van der Waals surface area contributed by atoms with Crippen molar-refractivity contribution in [2.24, 2.45) is 0 Å². The molecule has 0 N–H and O–H groups in total. The van der Waals surface area contributed by atoms with Crippen LogP contribution < -0.4 is 9.04 Å². The molecule has 0 saturated heterocycles. The van der Waals surface area contributed by atoms with E-state index in [2.05, 4.69) is 0 Å². The quantitative estimate of drug-likeness (QED) is 0.477. The predicted molar refractivity (Wildman–Crippen MR) is 123 cm³/mol. The first-order chi connectivity index (χ1) is 15.1. The van der Waals surface area contributed by atoms with Crippen LogP contribution in [0.25, 0.3) is 10.9 Å². The molecule has 32 heavy (non-hydrogen) atoms. The van der Waals surface area contributed by atoms with Crippen molar-refractivity contribution in [3.05, 3.63) is 59.2 Å². The molecule has 0 aliphatic heterocycles. The van der Waals surface area contributed by atoms with E-state index in [1.807, 2.05) is 0 Å². The first-order valence-electron chi connectivity index (χ1n) is 9.69. The highest BCUT2D eigenvalue weighted by molar-refractivity contribution is 7.92. The van der Waals surface area contributed by atoms with Gasteiger partial charge in [0.1, 0.15) is 11.8 Å². The SMILES string of the molecule is CC[C@H](C(=O)n1cc(C(=O)OC)c2ccccc21)N(c1ccc(OC)c(Cl)c1)S(C)(=O)=O. The first-order valence-corrected chi connectivity index (χ1v) is 11.9. The largest absolute Gasteiger partial charge is 0.495 e. The van der Waals surface area contributed by atoms with Crippen molar-refractivity contribution < 1.29 is 27.5 Å². The van der Waals surface area contributed by atoms with Gasteiger partial charge in [0.05, 0.1) is 42.3 Å². The fourth-order valence-corrected chi connectivity index (χ4v) is 5.08. The van der Waals surface area contributed by atoms with Gasteiger partial charge < -0.3 is 9.47 Å². The lowest BCUT2D eigenvalue weighted by Crippen LogP contribution is -2.46. The standard InChI is InChI=1S/C22H23ClN2O6S/c1-5-18(25(32(4,28)29)14-10-11-20(30-2)17(23)12-14)21(26)24-13-16(22(27)31-3)15-8-6-7-9-19(15)24/h6-13,18H,5H2,1-4H3/t18-/m1/s1. The fraction of sp³-hybridized carbons (Fsp3) is 0.273. The molecule has 1 heterocycles. The number of anilines is 1. The lowest BCUT2D eigenvalue weighted by molar-refractivity contribution is 0.0603. The number of benzene rings is 2. The smallest absolute Gasteiger partial charge is 0.340 e. The molecule has 0 aliphatic carbocycles. The van der Waals surface area contributed by atoms with Gasteiger partial charge in [-0.15, -0.1) is 0 Å². The van der Waals surface area contributed by atoms with E-state index >= 15 is 0 Å².